The average molecular weight is 251 g/mol. The zero-order valence-corrected chi connectivity index (χ0v) is 10.4. The van der Waals surface area contributed by atoms with Gasteiger partial charge in [0.15, 0.2) is 0 Å². The SMILES string of the molecule is CCC1(C(=O)O)CCN(C(=O)Cn2cccn2)C1. The van der Waals surface area contributed by atoms with Gasteiger partial charge in [-0.25, -0.2) is 0 Å². The Bertz CT molecular complexity index is 443. The lowest BCUT2D eigenvalue weighted by atomic mass is 9.84. The molecule has 1 aromatic rings. The van der Waals surface area contributed by atoms with Crippen molar-refractivity contribution < 1.29 is 14.7 Å². The highest BCUT2D eigenvalue weighted by Crippen LogP contribution is 2.34. The normalized spacial score (nSPS) is 23.3. The number of rotatable bonds is 4. The smallest absolute Gasteiger partial charge is 0.311 e. The molecule has 0 radical (unpaired) electrons. The number of carbonyl (C=O) groups excluding carboxylic acids is 1. The van der Waals surface area contributed by atoms with E-state index < -0.39 is 11.4 Å². The molecule has 0 saturated carbocycles. The van der Waals surface area contributed by atoms with Crippen LogP contribution in [-0.4, -0.2) is 44.8 Å². The van der Waals surface area contributed by atoms with Crippen molar-refractivity contribution in [2.45, 2.75) is 26.3 Å². The van der Waals surface area contributed by atoms with E-state index in [4.69, 9.17) is 0 Å². The number of nitrogens with zero attached hydrogens (tertiary/aromatic N) is 3. The summed E-state index contributed by atoms with van der Waals surface area (Å²) in [4.78, 5) is 24.9. The van der Waals surface area contributed by atoms with Crippen LogP contribution in [0.15, 0.2) is 18.5 Å². The van der Waals surface area contributed by atoms with Crippen LogP contribution in [0.3, 0.4) is 0 Å². The van der Waals surface area contributed by atoms with E-state index in [1.807, 2.05) is 6.92 Å². The molecule has 2 rings (SSSR count). The fourth-order valence-electron chi connectivity index (χ4n) is 2.33. The second-order valence-corrected chi connectivity index (χ2v) is 4.71. The van der Waals surface area contributed by atoms with Crippen LogP contribution < -0.4 is 0 Å². The van der Waals surface area contributed by atoms with Crippen molar-refractivity contribution in [1.29, 1.82) is 0 Å². The fraction of sp³-hybridized carbons (Fsp3) is 0.583. The van der Waals surface area contributed by atoms with Gasteiger partial charge in [0.25, 0.3) is 0 Å². The van der Waals surface area contributed by atoms with Crippen molar-refractivity contribution in [2.75, 3.05) is 13.1 Å². The van der Waals surface area contributed by atoms with Gasteiger partial charge < -0.3 is 10.0 Å². The number of hydrogen-bond acceptors (Lipinski definition) is 3. The first kappa shape index (κ1) is 12.6. The molecule has 1 fully saturated rings. The average Bonchev–Trinajstić information content (AvgIpc) is 2.97. The van der Waals surface area contributed by atoms with Crippen LogP contribution in [-0.2, 0) is 16.1 Å². The Labute approximate surface area is 105 Å². The minimum absolute atomic E-state index is 0.0738. The summed E-state index contributed by atoms with van der Waals surface area (Å²) in [5.74, 6) is -0.880. The summed E-state index contributed by atoms with van der Waals surface area (Å²) in [5, 5.41) is 13.2. The van der Waals surface area contributed by atoms with Gasteiger partial charge in [0, 0.05) is 25.5 Å². The minimum atomic E-state index is -0.806. The Morgan fingerprint density at radius 2 is 2.28 bits per heavy atom. The lowest BCUT2D eigenvalue weighted by molar-refractivity contribution is -0.148. The Balaban J connectivity index is 2.00. The second-order valence-electron chi connectivity index (χ2n) is 4.71. The molecule has 18 heavy (non-hydrogen) atoms. The Hall–Kier alpha value is -1.85. The molecule has 98 valence electrons. The zero-order valence-electron chi connectivity index (χ0n) is 10.4. The van der Waals surface area contributed by atoms with E-state index in [1.165, 1.54) is 0 Å². The van der Waals surface area contributed by atoms with Gasteiger partial charge in [0.05, 0.1) is 5.41 Å². The molecule has 1 amide bonds. The summed E-state index contributed by atoms with van der Waals surface area (Å²) in [7, 11) is 0. The molecule has 0 aliphatic carbocycles. The largest absolute Gasteiger partial charge is 0.481 e. The topological polar surface area (TPSA) is 75.4 Å². The van der Waals surface area contributed by atoms with E-state index >= 15 is 0 Å². The van der Waals surface area contributed by atoms with Crippen molar-refractivity contribution in [3.05, 3.63) is 18.5 Å². The zero-order chi connectivity index (χ0) is 13.2. The number of likely N-dealkylation sites (tertiary alicyclic amines) is 1. The molecule has 1 aliphatic rings. The van der Waals surface area contributed by atoms with Gasteiger partial charge >= 0.3 is 5.97 Å². The molecule has 0 spiro atoms. The molecule has 1 aliphatic heterocycles. The maximum absolute atomic E-state index is 12.0. The molecule has 0 aromatic carbocycles. The van der Waals surface area contributed by atoms with Crippen molar-refractivity contribution in [3.8, 4) is 0 Å². The van der Waals surface area contributed by atoms with Gasteiger partial charge in [-0.3, -0.25) is 14.3 Å². The van der Waals surface area contributed by atoms with Crippen LogP contribution in [0, 0.1) is 5.41 Å². The first-order chi connectivity index (χ1) is 8.57. The maximum atomic E-state index is 12.0. The molecule has 1 aromatic heterocycles. The highest BCUT2D eigenvalue weighted by atomic mass is 16.4. The minimum Gasteiger partial charge on any atom is -0.481 e. The van der Waals surface area contributed by atoms with E-state index in [0.29, 0.717) is 25.9 Å². The summed E-state index contributed by atoms with van der Waals surface area (Å²) < 4.78 is 1.55. The lowest BCUT2D eigenvalue weighted by Gasteiger charge is -2.23. The number of hydrogen-bond donors (Lipinski definition) is 1. The van der Waals surface area contributed by atoms with E-state index in [9.17, 15) is 14.7 Å². The van der Waals surface area contributed by atoms with Gasteiger partial charge in [0.1, 0.15) is 6.54 Å². The maximum Gasteiger partial charge on any atom is 0.311 e. The van der Waals surface area contributed by atoms with Crippen LogP contribution in [0.1, 0.15) is 19.8 Å². The summed E-state index contributed by atoms with van der Waals surface area (Å²) >= 11 is 0. The van der Waals surface area contributed by atoms with E-state index in [2.05, 4.69) is 5.10 Å². The van der Waals surface area contributed by atoms with Crippen LogP contribution in [0.5, 0.6) is 0 Å². The molecular weight excluding hydrogens is 234 g/mol. The van der Waals surface area contributed by atoms with Crippen LogP contribution >= 0.6 is 0 Å². The third-order valence-corrected chi connectivity index (χ3v) is 3.69. The van der Waals surface area contributed by atoms with Crippen molar-refractivity contribution in [1.82, 2.24) is 14.7 Å². The highest BCUT2D eigenvalue weighted by Gasteiger charge is 2.44. The van der Waals surface area contributed by atoms with E-state index in [-0.39, 0.29) is 12.5 Å². The van der Waals surface area contributed by atoms with Gasteiger partial charge in [0.2, 0.25) is 5.91 Å². The number of carboxylic acids is 1. The number of aromatic nitrogens is 2. The molecule has 1 saturated heterocycles. The first-order valence-corrected chi connectivity index (χ1v) is 6.06. The second kappa shape index (κ2) is 4.80. The van der Waals surface area contributed by atoms with E-state index in [1.54, 1.807) is 28.0 Å². The van der Waals surface area contributed by atoms with Gasteiger partial charge in [-0.2, -0.15) is 5.10 Å². The molecule has 1 unspecified atom stereocenters. The third kappa shape index (κ3) is 2.23. The fourth-order valence-corrected chi connectivity index (χ4v) is 2.33. The van der Waals surface area contributed by atoms with Crippen molar-refractivity contribution >= 4 is 11.9 Å². The number of carboxylic acid groups (broad SMARTS) is 1. The van der Waals surface area contributed by atoms with Crippen LogP contribution in [0.2, 0.25) is 0 Å². The Morgan fingerprint density at radius 3 is 2.78 bits per heavy atom. The van der Waals surface area contributed by atoms with Crippen molar-refractivity contribution in [2.24, 2.45) is 5.41 Å². The van der Waals surface area contributed by atoms with Gasteiger partial charge in [-0.1, -0.05) is 6.92 Å². The summed E-state index contributed by atoms with van der Waals surface area (Å²) in [6, 6.07) is 1.75. The van der Waals surface area contributed by atoms with Crippen LogP contribution in [0.25, 0.3) is 0 Å². The van der Waals surface area contributed by atoms with Gasteiger partial charge in [-0.15, -0.1) is 0 Å². The molecule has 6 nitrogen and oxygen atoms in total. The molecule has 1 N–H and O–H groups in total. The molecule has 2 heterocycles. The monoisotopic (exact) mass is 251 g/mol. The summed E-state index contributed by atoms with van der Waals surface area (Å²) in [6.07, 6.45) is 4.42. The predicted octanol–water partition coefficient (Wildman–Crippen LogP) is 0.596. The summed E-state index contributed by atoms with van der Waals surface area (Å²) in [6.45, 7) is 2.85. The standard InChI is InChI=1S/C12H17N3O3/c1-2-12(11(17)18)4-7-14(9-12)10(16)8-15-6-3-5-13-15/h3,5-6H,2,4,7-9H2,1H3,(H,17,18). The van der Waals surface area contributed by atoms with Crippen LogP contribution in [0.4, 0.5) is 0 Å². The predicted molar refractivity (Wildman–Crippen MR) is 63.8 cm³/mol. The first-order valence-electron chi connectivity index (χ1n) is 6.06. The van der Waals surface area contributed by atoms with Crippen molar-refractivity contribution in [3.63, 3.8) is 0 Å². The van der Waals surface area contributed by atoms with E-state index in [0.717, 1.165) is 0 Å². The molecular formula is C12H17N3O3. The molecule has 0 bridgehead atoms. The third-order valence-electron chi connectivity index (χ3n) is 3.69. The Kier molecular flexibility index (Phi) is 3.36. The number of carbonyl (C=O) groups is 2. The highest BCUT2D eigenvalue weighted by molar-refractivity contribution is 5.80. The van der Waals surface area contributed by atoms with Gasteiger partial charge in [-0.05, 0) is 18.9 Å². The molecule has 1 atom stereocenters. The number of amides is 1. The lowest BCUT2D eigenvalue weighted by Crippen LogP contribution is -2.37. The Morgan fingerprint density at radius 1 is 1.50 bits per heavy atom. The summed E-state index contributed by atoms with van der Waals surface area (Å²) in [5.41, 5.74) is -0.764. The quantitative estimate of drug-likeness (QED) is 0.850. The molecule has 6 heteroatoms. The number of aliphatic carboxylic acids is 1.